The maximum atomic E-state index is 12.8. The van der Waals surface area contributed by atoms with Crippen molar-refractivity contribution in [2.45, 2.75) is 328 Å². The molecule has 0 heterocycles. The second kappa shape index (κ2) is 71.5. The van der Waals surface area contributed by atoms with Crippen LogP contribution < -0.4 is 5.73 Å². The van der Waals surface area contributed by atoms with Crippen LogP contribution in [0, 0.1) is 0 Å². The van der Waals surface area contributed by atoms with Crippen LogP contribution in [0.4, 0.5) is 0 Å². The standard InChI is InChI=1S/C77H134NO8P/c1-3-5-7-9-11-13-15-17-19-21-23-25-27-29-31-33-34-35-36-37-38-39-40-42-44-46-48-50-52-54-56-58-60-62-64-66-68-70-77(80)86-75(74-85-87(81,82)84-72-71-78)73-83-76(79)69-67-65-63-61-59-57-55-53-51-49-47-45-43-41-32-30-28-26-24-22-20-18-16-14-12-10-8-6-4-2/h5,7,11,13,16-19,22-25,28-31,34-35,37-38,75H,3-4,6,8-10,12,14-15,20-21,26-27,32-33,36,39-74,78H2,1-2H3,(H,81,82)/b7-5-,13-11-,18-16-,19-17-,24-22-,25-23-,30-28-,31-29-,35-34-,38-37-. The van der Waals surface area contributed by atoms with E-state index in [1.165, 1.54) is 193 Å². The Kier molecular flexibility index (Phi) is 68.5. The SMILES string of the molecule is CC/C=C\C/C=C\C/C=C\C/C=C\C/C=C\C/C=C\C/C=C\CCCCCCCCCCCCCCCCCC(=O)OC(COC(=O)CCCCCCCCCCCCCCCC/C=C\C/C=C\C/C=C\CCCCCCC)COP(=O)(O)OCCN. The maximum Gasteiger partial charge on any atom is 0.472 e. The molecule has 10 heteroatoms. The fourth-order valence-corrected chi connectivity index (χ4v) is 10.8. The molecule has 500 valence electrons. The highest BCUT2D eigenvalue weighted by Gasteiger charge is 2.26. The summed E-state index contributed by atoms with van der Waals surface area (Å²) in [6.45, 7) is 3.65. The first-order chi connectivity index (χ1) is 42.8. The van der Waals surface area contributed by atoms with Crippen LogP contribution in [0.5, 0.6) is 0 Å². The summed E-state index contributed by atoms with van der Waals surface area (Å²) in [6.07, 6.45) is 100. The average molecular weight is 1230 g/mol. The minimum absolute atomic E-state index is 0.0499. The van der Waals surface area contributed by atoms with Crippen molar-refractivity contribution in [3.63, 3.8) is 0 Å². The molecule has 3 N–H and O–H groups in total. The van der Waals surface area contributed by atoms with Crippen LogP contribution in [-0.2, 0) is 32.7 Å². The van der Waals surface area contributed by atoms with Crippen LogP contribution in [0.15, 0.2) is 122 Å². The van der Waals surface area contributed by atoms with Gasteiger partial charge < -0.3 is 20.1 Å². The zero-order chi connectivity index (χ0) is 63.0. The van der Waals surface area contributed by atoms with Crippen LogP contribution in [0.25, 0.3) is 0 Å². The second-order valence-electron chi connectivity index (χ2n) is 23.7. The highest BCUT2D eigenvalue weighted by molar-refractivity contribution is 7.47. The molecular weight excluding hydrogens is 1100 g/mol. The number of unbranched alkanes of at least 4 members (excludes halogenated alkanes) is 34. The van der Waals surface area contributed by atoms with Crippen molar-refractivity contribution >= 4 is 19.8 Å². The first-order valence-electron chi connectivity index (χ1n) is 36.0. The molecule has 0 saturated heterocycles. The molecule has 0 rings (SSSR count). The molecule has 0 aromatic rings. The maximum absolute atomic E-state index is 12.8. The van der Waals surface area contributed by atoms with E-state index in [0.29, 0.717) is 6.42 Å². The van der Waals surface area contributed by atoms with Gasteiger partial charge in [-0.2, -0.15) is 0 Å². The van der Waals surface area contributed by atoms with E-state index in [2.05, 4.69) is 135 Å². The number of carbonyl (C=O) groups excluding carboxylic acids is 2. The summed E-state index contributed by atoms with van der Waals surface area (Å²) in [6, 6.07) is 0. The molecule has 0 aromatic heterocycles. The van der Waals surface area contributed by atoms with Crippen LogP contribution >= 0.6 is 7.82 Å². The second-order valence-corrected chi connectivity index (χ2v) is 25.2. The molecule has 0 bridgehead atoms. The third kappa shape index (κ3) is 71.4. The Hall–Kier alpha value is -3.59. The number of rotatable bonds is 67. The van der Waals surface area contributed by atoms with Gasteiger partial charge in [0.25, 0.3) is 0 Å². The van der Waals surface area contributed by atoms with E-state index in [1.807, 2.05) is 0 Å². The lowest BCUT2D eigenvalue weighted by molar-refractivity contribution is -0.161. The number of ether oxygens (including phenoxy) is 2. The van der Waals surface area contributed by atoms with Crippen molar-refractivity contribution in [2.75, 3.05) is 26.4 Å². The van der Waals surface area contributed by atoms with E-state index in [0.717, 1.165) is 96.3 Å². The molecule has 0 saturated carbocycles. The highest BCUT2D eigenvalue weighted by Crippen LogP contribution is 2.43. The van der Waals surface area contributed by atoms with Crippen molar-refractivity contribution in [3.05, 3.63) is 122 Å². The Morgan fingerprint density at radius 3 is 0.943 bits per heavy atom. The van der Waals surface area contributed by atoms with Gasteiger partial charge >= 0.3 is 19.8 Å². The normalized spacial score (nSPS) is 13.7. The molecule has 2 unspecified atom stereocenters. The third-order valence-corrected chi connectivity index (χ3v) is 16.3. The monoisotopic (exact) mass is 1230 g/mol. The van der Waals surface area contributed by atoms with Gasteiger partial charge in [0.15, 0.2) is 6.10 Å². The van der Waals surface area contributed by atoms with Gasteiger partial charge in [0.1, 0.15) is 6.61 Å². The van der Waals surface area contributed by atoms with Gasteiger partial charge in [-0.1, -0.05) is 322 Å². The molecular formula is C77H134NO8P. The predicted octanol–water partition coefficient (Wildman–Crippen LogP) is 23.9. The number of phosphoric acid groups is 1. The van der Waals surface area contributed by atoms with E-state index in [1.54, 1.807) is 0 Å². The molecule has 0 aliphatic rings. The quantitative estimate of drug-likeness (QED) is 0.0264. The number of phosphoric ester groups is 1. The largest absolute Gasteiger partial charge is 0.472 e. The summed E-state index contributed by atoms with van der Waals surface area (Å²) in [5.74, 6) is -0.822. The first kappa shape index (κ1) is 83.4. The van der Waals surface area contributed by atoms with Gasteiger partial charge in [0, 0.05) is 19.4 Å². The van der Waals surface area contributed by atoms with Crippen molar-refractivity contribution in [1.29, 1.82) is 0 Å². The molecule has 0 radical (unpaired) electrons. The minimum atomic E-state index is -4.40. The number of esters is 2. The fraction of sp³-hybridized carbons (Fsp3) is 0.714. The van der Waals surface area contributed by atoms with E-state index in [4.69, 9.17) is 24.3 Å². The van der Waals surface area contributed by atoms with Crippen molar-refractivity contribution in [1.82, 2.24) is 0 Å². The molecule has 2 atom stereocenters. The topological polar surface area (TPSA) is 134 Å². The number of nitrogens with two attached hydrogens (primary N) is 1. The van der Waals surface area contributed by atoms with Gasteiger partial charge in [-0.3, -0.25) is 18.6 Å². The molecule has 0 aliphatic heterocycles. The Morgan fingerprint density at radius 1 is 0.356 bits per heavy atom. The zero-order valence-corrected chi connectivity index (χ0v) is 57.1. The first-order valence-corrected chi connectivity index (χ1v) is 37.5. The summed E-state index contributed by atoms with van der Waals surface area (Å²) < 4.78 is 33.2. The lowest BCUT2D eigenvalue weighted by Gasteiger charge is -2.19. The van der Waals surface area contributed by atoms with Crippen molar-refractivity contribution in [2.24, 2.45) is 5.73 Å². The summed E-state index contributed by atoms with van der Waals surface area (Å²) >= 11 is 0. The van der Waals surface area contributed by atoms with Gasteiger partial charge in [-0.05, 0) is 109 Å². The molecule has 0 aromatic carbocycles. The van der Waals surface area contributed by atoms with E-state index in [9.17, 15) is 19.0 Å². The van der Waals surface area contributed by atoms with Crippen LogP contribution in [0.2, 0.25) is 0 Å². The fourth-order valence-electron chi connectivity index (χ4n) is 10.0. The van der Waals surface area contributed by atoms with Crippen molar-refractivity contribution < 1.29 is 37.6 Å². The number of hydrogen-bond donors (Lipinski definition) is 2. The Labute approximate surface area is 536 Å². The van der Waals surface area contributed by atoms with Crippen LogP contribution in [0.3, 0.4) is 0 Å². The molecule has 0 fully saturated rings. The smallest absolute Gasteiger partial charge is 0.462 e. The summed E-state index contributed by atoms with van der Waals surface area (Å²) in [5.41, 5.74) is 5.41. The van der Waals surface area contributed by atoms with Gasteiger partial charge in [-0.25, -0.2) is 4.57 Å². The van der Waals surface area contributed by atoms with E-state index >= 15 is 0 Å². The lowest BCUT2D eigenvalue weighted by Crippen LogP contribution is -2.29. The molecule has 0 amide bonds. The molecule has 9 nitrogen and oxygen atoms in total. The van der Waals surface area contributed by atoms with E-state index < -0.39 is 26.5 Å². The minimum Gasteiger partial charge on any atom is -0.462 e. The van der Waals surface area contributed by atoms with Crippen LogP contribution in [-0.4, -0.2) is 49.3 Å². The van der Waals surface area contributed by atoms with Gasteiger partial charge in [0.05, 0.1) is 13.2 Å². The number of allylic oxidation sites excluding steroid dienone is 20. The molecule has 0 aliphatic carbocycles. The number of hydrogen-bond acceptors (Lipinski definition) is 8. The third-order valence-electron chi connectivity index (χ3n) is 15.3. The Balaban J connectivity index is 3.88. The Bertz CT molecular complexity index is 1840. The van der Waals surface area contributed by atoms with Crippen LogP contribution in [0.1, 0.15) is 322 Å². The Morgan fingerprint density at radius 2 is 0.632 bits per heavy atom. The van der Waals surface area contributed by atoms with Gasteiger partial charge in [0.2, 0.25) is 0 Å². The van der Waals surface area contributed by atoms with Gasteiger partial charge in [-0.15, -0.1) is 0 Å². The summed E-state index contributed by atoms with van der Waals surface area (Å²) in [7, 11) is -4.40. The zero-order valence-electron chi connectivity index (χ0n) is 56.2. The average Bonchev–Trinajstić information content (AvgIpc) is 3.65. The molecule has 0 spiro atoms. The summed E-state index contributed by atoms with van der Waals surface area (Å²) in [5, 5.41) is 0. The lowest BCUT2D eigenvalue weighted by atomic mass is 10.0. The number of carbonyl (C=O) groups is 2. The predicted molar refractivity (Wildman–Crippen MR) is 376 cm³/mol. The highest BCUT2D eigenvalue weighted by atomic mass is 31.2. The van der Waals surface area contributed by atoms with Crippen molar-refractivity contribution in [3.8, 4) is 0 Å². The van der Waals surface area contributed by atoms with E-state index in [-0.39, 0.29) is 38.6 Å². The molecule has 87 heavy (non-hydrogen) atoms. The summed E-state index contributed by atoms with van der Waals surface area (Å²) in [4.78, 5) is 35.4.